The first kappa shape index (κ1) is 22.3. The van der Waals surface area contributed by atoms with Gasteiger partial charge in [0.05, 0.1) is 24.5 Å². The number of alkyl halides is 3. The van der Waals surface area contributed by atoms with E-state index in [1.165, 1.54) is 12.1 Å². The van der Waals surface area contributed by atoms with Crippen molar-refractivity contribution >= 4 is 17.3 Å². The Morgan fingerprint density at radius 2 is 1.88 bits per heavy atom. The number of nitrogens with zero attached hydrogens (tertiary/aromatic N) is 1. The second kappa shape index (κ2) is 8.89. The van der Waals surface area contributed by atoms with Crippen LogP contribution in [0, 0.1) is 0 Å². The molecular formula is C22H18F3NO5S. The van der Waals surface area contributed by atoms with E-state index in [4.69, 9.17) is 19.3 Å². The van der Waals surface area contributed by atoms with Crippen LogP contribution in [-0.2, 0) is 32.7 Å². The molecule has 2 aromatic carbocycles. The van der Waals surface area contributed by atoms with Crippen molar-refractivity contribution < 1.29 is 37.3 Å². The van der Waals surface area contributed by atoms with Crippen LogP contribution < -0.4 is 4.74 Å². The molecule has 1 aromatic heterocycles. The predicted octanol–water partition coefficient (Wildman–Crippen LogP) is 4.73. The van der Waals surface area contributed by atoms with Crippen LogP contribution >= 0.6 is 11.3 Å². The van der Waals surface area contributed by atoms with Gasteiger partial charge in [-0.1, -0.05) is 30.3 Å². The Morgan fingerprint density at radius 1 is 1.16 bits per heavy atom. The molecule has 0 bridgehead atoms. The van der Waals surface area contributed by atoms with Gasteiger partial charge in [0.1, 0.15) is 29.6 Å². The SMILES string of the molecule is O=C(O)COC1(c2ccc(OCc3csc(-c4ccccc4C(F)(F)F)n3)cc2)COC1. The second-order valence-corrected chi connectivity index (χ2v) is 8.03. The van der Waals surface area contributed by atoms with Crippen molar-refractivity contribution in [2.75, 3.05) is 19.8 Å². The van der Waals surface area contributed by atoms with E-state index in [9.17, 15) is 18.0 Å². The lowest BCUT2D eigenvalue weighted by molar-refractivity contribution is -0.220. The van der Waals surface area contributed by atoms with Crippen molar-refractivity contribution in [3.8, 4) is 16.3 Å². The topological polar surface area (TPSA) is 77.9 Å². The molecule has 0 atom stereocenters. The highest BCUT2D eigenvalue weighted by atomic mass is 32.1. The van der Waals surface area contributed by atoms with Crippen LogP contribution in [0.3, 0.4) is 0 Å². The third kappa shape index (κ3) is 4.77. The Balaban J connectivity index is 1.41. The van der Waals surface area contributed by atoms with E-state index in [2.05, 4.69) is 4.98 Å². The molecule has 1 aliphatic rings. The first-order chi connectivity index (χ1) is 15.3. The Labute approximate surface area is 185 Å². The largest absolute Gasteiger partial charge is 0.487 e. The van der Waals surface area contributed by atoms with E-state index >= 15 is 0 Å². The van der Waals surface area contributed by atoms with Gasteiger partial charge in [-0.2, -0.15) is 13.2 Å². The van der Waals surface area contributed by atoms with Gasteiger partial charge in [0.15, 0.2) is 0 Å². The maximum atomic E-state index is 13.3. The van der Waals surface area contributed by atoms with Gasteiger partial charge in [0.2, 0.25) is 0 Å². The van der Waals surface area contributed by atoms with Crippen LogP contribution in [0.1, 0.15) is 16.8 Å². The summed E-state index contributed by atoms with van der Waals surface area (Å²) in [6.07, 6.45) is -4.46. The minimum absolute atomic E-state index is 0.0370. The Kier molecular flexibility index (Phi) is 6.18. The summed E-state index contributed by atoms with van der Waals surface area (Å²) >= 11 is 1.12. The Hall–Kier alpha value is -2.95. The van der Waals surface area contributed by atoms with E-state index < -0.39 is 29.9 Å². The molecule has 0 aliphatic carbocycles. The molecule has 4 rings (SSSR count). The first-order valence-corrected chi connectivity index (χ1v) is 10.4. The average Bonchev–Trinajstić information content (AvgIpc) is 3.20. The number of halogens is 3. The molecule has 168 valence electrons. The highest BCUT2D eigenvalue weighted by Crippen LogP contribution is 2.38. The summed E-state index contributed by atoms with van der Waals surface area (Å²) in [5.41, 5.74) is -0.185. The number of rotatable bonds is 8. The van der Waals surface area contributed by atoms with Gasteiger partial charge in [0, 0.05) is 10.9 Å². The number of hydrogen-bond donors (Lipinski definition) is 1. The molecule has 0 saturated carbocycles. The molecule has 0 unspecified atom stereocenters. The molecule has 2 heterocycles. The summed E-state index contributed by atoms with van der Waals surface area (Å²) < 4.78 is 56.2. The fourth-order valence-electron chi connectivity index (χ4n) is 3.25. The number of carboxylic acid groups (broad SMARTS) is 1. The van der Waals surface area contributed by atoms with Crippen molar-refractivity contribution in [3.63, 3.8) is 0 Å². The minimum Gasteiger partial charge on any atom is -0.487 e. The summed E-state index contributed by atoms with van der Waals surface area (Å²) in [4.78, 5) is 15.1. The Morgan fingerprint density at radius 3 is 2.50 bits per heavy atom. The van der Waals surface area contributed by atoms with Gasteiger partial charge in [0.25, 0.3) is 0 Å². The van der Waals surface area contributed by atoms with Gasteiger partial charge in [-0.3, -0.25) is 0 Å². The van der Waals surface area contributed by atoms with Gasteiger partial charge in [-0.25, -0.2) is 9.78 Å². The zero-order valence-corrected chi connectivity index (χ0v) is 17.4. The maximum Gasteiger partial charge on any atom is 0.417 e. The van der Waals surface area contributed by atoms with E-state index in [1.807, 2.05) is 0 Å². The number of hydrogen-bond acceptors (Lipinski definition) is 6. The maximum absolute atomic E-state index is 13.3. The number of aromatic nitrogens is 1. The normalized spacial score (nSPS) is 15.2. The zero-order chi connectivity index (χ0) is 22.8. The summed E-state index contributed by atoms with van der Waals surface area (Å²) in [5, 5.41) is 10.8. The highest BCUT2D eigenvalue weighted by Gasteiger charge is 2.42. The highest BCUT2D eigenvalue weighted by molar-refractivity contribution is 7.13. The molecular weight excluding hydrogens is 447 g/mol. The second-order valence-electron chi connectivity index (χ2n) is 7.17. The van der Waals surface area contributed by atoms with E-state index in [0.29, 0.717) is 11.4 Å². The molecule has 1 fully saturated rings. The zero-order valence-electron chi connectivity index (χ0n) is 16.6. The van der Waals surface area contributed by atoms with Crippen LogP contribution in [0.15, 0.2) is 53.9 Å². The van der Waals surface area contributed by atoms with E-state index in [0.717, 1.165) is 23.0 Å². The quantitative estimate of drug-likeness (QED) is 0.518. The number of benzene rings is 2. The molecule has 1 aliphatic heterocycles. The van der Waals surface area contributed by atoms with Crippen molar-refractivity contribution in [1.29, 1.82) is 0 Å². The molecule has 32 heavy (non-hydrogen) atoms. The molecule has 0 amide bonds. The summed E-state index contributed by atoms with van der Waals surface area (Å²) in [5.74, 6) is -0.524. The first-order valence-electron chi connectivity index (χ1n) is 9.55. The minimum atomic E-state index is -4.46. The lowest BCUT2D eigenvalue weighted by atomic mass is 9.91. The molecule has 6 nitrogen and oxygen atoms in total. The number of carbonyl (C=O) groups is 1. The van der Waals surface area contributed by atoms with Crippen LogP contribution in [0.4, 0.5) is 13.2 Å². The van der Waals surface area contributed by atoms with E-state index in [-0.39, 0.29) is 30.4 Å². The lowest BCUT2D eigenvalue weighted by Gasteiger charge is -2.41. The Bertz CT molecular complexity index is 1090. The molecule has 1 saturated heterocycles. The number of aliphatic carboxylic acids is 1. The third-order valence-electron chi connectivity index (χ3n) is 4.92. The smallest absolute Gasteiger partial charge is 0.417 e. The van der Waals surface area contributed by atoms with Crippen LogP contribution in [-0.4, -0.2) is 35.9 Å². The molecule has 1 N–H and O–H groups in total. The molecule has 10 heteroatoms. The lowest BCUT2D eigenvalue weighted by Crippen LogP contribution is -2.49. The standard InChI is InChI=1S/C22H18F3NO5S/c23-22(24,25)18-4-2-1-3-17(18)20-26-15(11-32-20)9-30-16-7-5-14(6-8-16)21(12-29-13-21)31-10-19(27)28/h1-8,11H,9-10,12-13H2,(H,27,28). The third-order valence-corrected chi connectivity index (χ3v) is 5.85. The monoisotopic (exact) mass is 465 g/mol. The van der Waals surface area contributed by atoms with Gasteiger partial charge in [-0.05, 0) is 23.8 Å². The van der Waals surface area contributed by atoms with Crippen molar-refractivity contribution in [3.05, 3.63) is 70.7 Å². The summed E-state index contributed by atoms with van der Waals surface area (Å²) in [7, 11) is 0. The van der Waals surface area contributed by atoms with Crippen molar-refractivity contribution in [2.24, 2.45) is 0 Å². The fourth-order valence-corrected chi connectivity index (χ4v) is 4.09. The number of thiazole rings is 1. The van der Waals surface area contributed by atoms with E-state index in [1.54, 1.807) is 35.7 Å². The van der Waals surface area contributed by atoms with Gasteiger partial charge < -0.3 is 19.3 Å². The van der Waals surface area contributed by atoms with Crippen molar-refractivity contribution in [1.82, 2.24) is 4.98 Å². The van der Waals surface area contributed by atoms with Crippen molar-refractivity contribution in [2.45, 2.75) is 18.4 Å². The number of carboxylic acids is 1. The molecule has 0 radical (unpaired) electrons. The fraction of sp³-hybridized carbons (Fsp3) is 0.273. The van der Waals surface area contributed by atoms with Crippen LogP contribution in [0.25, 0.3) is 10.6 Å². The predicted molar refractivity (Wildman–Crippen MR) is 109 cm³/mol. The summed E-state index contributed by atoms with van der Waals surface area (Å²) in [6.45, 7) is 0.196. The number of ether oxygens (including phenoxy) is 3. The molecule has 3 aromatic rings. The molecule has 0 spiro atoms. The van der Waals surface area contributed by atoms with Gasteiger partial charge >= 0.3 is 12.1 Å². The van der Waals surface area contributed by atoms with Gasteiger partial charge in [-0.15, -0.1) is 11.3 Å². The average molecular weight is 465 g/mol. The van der Waals surface area contributed by atoms with Crippen LogP contribution in [0.5, 0.6) is 5.75 Å². The van der Waals surface area contributed by atoms with Crippen LogP contribution in [0.2, 0.25) is 0 Å². The summed E-state index contributed by atoms with van der Waals surface area (Å²) in [6, 6.07) is 12.3.